The second-order valence-corrected chi connectivity index (χ2v) is 8.82. The fraction of sp³-hybridized carbons (Fsp3) is 0.292. The zero-order valence-corrected chi connectivity index (χ0v) is 19.2. The predicted molar refractivity (Wildman–Crippen MR) is 128 cm³/mol. The molecule has 2 heterocycles. The summed E-state index contributed by atoms with van der Waals surface area (Å²) >= 11 is 3.45. The van der Waals surface area contributed by atoms with Crippen molar-refractivity contribution in [2.24, 2.45) is 5.10 Å². The first-order chi connectivity index (χ1) is 14.4. The van der Waals surface area contributed by atoms with E-state index in [1.165, 1.54) is 4.68 Å². The third-order valence-electron chi connectivity index (χ3n) is 5.53. The summed E-state index contributed by atoms with van der Waals surface area (Å²) in [4.78, 5) is 18.1. The lowest BCUT2D eigenvalue weighted by Crippen LogP contribution is -2.23. The highest BCUT2D eigenvalue weighted by molar-refractivity contribution is 9.10. The number of nitrogens with zero attached hydrogens (tertiary/aromatic N) is 4. The van der Waals surface area contributed by atoms with Crippen molar-refractivity contribution in [3.8, 4) is 0 Å². The molecule has 0 saturated carbocycles. The highest BCUT2D eigenvalue weighted by atomic mass is 79.9. The normalized spacial score (nSPS) is 13.1. The van der Waals surface area contributed by atoms with Gasteiger partial charge in [0.1, 0.15) is 5.82 Å². The Morgan fingerprint density at radius 1 is 1.13 bits per heavy atom. The number of hydrogen-bond acceptors (Lipinski definition) is 3. The van der Waals surface area contributed by atoms with E-state index in [0.717, 1.165) is 27.4 Å². The maximum absolute atomic E-state index is 13.3. The van der Waals surface area contributed by atoms with Crippen LogP contribution < -0.4 is 5.56 Å². The van der Waals surface area contributed by atoms with Crippen molar-refractivity contribution in [2.75, 3.05) is 0 Å². The Labute approximate surface area is 184 Å². The second-order valence-electron chi connectivity index (χ2n) is 7.90. The zero-order chi connectivity index (χ0) is 21.4. The fourth-order valence-corrected chi connectivity index (χ4v) is 4.02. The Morgan fingerprint density at radius 3 is 2.63 bits per heavy atom. The Morgan fingerprint density at radius 2 is 1.90 bits per heavy atom. The van der Waals surface area contributed by atoms with Crippen LogP contribution in [0.25, 0.3) is 21.8 Å². The topological polar surface area (TPSA) is 52.2 Å². The highest BCUT2D eigenvalue weighted by Crippen LogP contribution is 2.24. The summed E-state index contributed by atoms with van der Waals surface area (Å²) in [5.41, 5.74) is 2.68. The van der Waals surface area contributed by atoms with E-state index in [4.69, 9.17) is 4.98 Å². The summed E-state index contributed by atoms with van der Waals surface area (Å²) in [6, 6.07) is 14.2. The summed E-state index contributed by atoms with van der Waals surface area (Å²) in [5.74, 6) is 0.793. The van der Waals surface area contributed by atoms with E-state index in [2.05, 4.69) is 71.6 Å². The molecule has 5 nitrogen and oxygen atoms in total. The van der Waals surface area contributed by atoms with Crippen molar-refractivity contribution >= 4 is 44.0 Å². The molecule has 0 aliphatic rings. The molecular weight excluding hydrogens is 440 g/mol. The number of aromatic nitrogens is 3. The van der Waals surface area contributed by atoms with Gasteiger partial charge in [-0.25, -0.2) is 4.98 Å². The first kappa shape index (κ1) is 20.5. The maximum Gasteiger partial charge on any atom is 0.282 e. The fourth-order valence-electron chi connectivity index (χ4n) is 3.66. The van der Waals surface area contributed by atoms with Crippen LogP contribution >= 0.6 is 15.9 Å². The van der Waals surface area contributed by atoms with Crippen LogP contribution in [0.3, 0.4) is 0 Å². The Bertz CT molecular complexity index is 1320. The number of benzene rings is 2. The van der Waals surface area contributed by atoms with Gasteiger partial charge in [0.15, 0.2) is 0 Å². The molecule has 6 heteroatoms. The van der Waals surface area contributed by atoms with Gasteiger partial charge in [0.25, 0.3) is 5.56 Å². The highest BCUT2D eigenvalue weighted by Gasteiger charge is 2.16. The number of rotatable bonds is 5. The van der Waals surface area contributed by atoms with Gasteiger partial charge in [-0.05, 0) is 44.5 Å². The van der Waals surface area contributed by atoms with Gasteiger partial charge in [-0.2, -0.15) is 9.78 Å². The SMILES string of the molecule is CC[C@@H](C)c1nc2ccc(Br)cc2c(=O)n1N=Cc1cn(C(C)C)c2ccccc12. The summed E-state index contributed by atoms with van der Waals surface area (Å²) in [6.45, 7) is 8.48. The van der Waals surface area contributed by atoms with Gasteiger partial charge in [0.05, 0.1) is 17.1 Å². The lowest BCUT2D eigenvalue weighted by molar-refractivity contribution is 0.613. The van der Waals surface area contributed by atoms with E-state index in [1.807, 2.05) is 30.3 Å². The molecule has 0 spiro atoms. The molecule has 0 bridgehead atoms. The van der Waals surface area contributed by atoms with Gasteiger partial charge >= 0.3 is 0 Å². The minimum Gasteiger partial charge on any atom is -0.344 e. The van der Waals surface area contributed by atoms with Crippen molar-refractivity contribution in [2.45, 2.75) is 46.1 Å². The Kier molecular flexibility index (Phi) is 5.60. The number of fused-ring (bicyclic) bond motifs is 2. The molecule has 0 aliphatic heterocycles. The first-order valence-electron chi connectivity index (χ1n) is 10.3. The maximum atomic E-state index is 13.3. The van der Waals surface area contributed by atoms with Crippen LogP contribution in [0.1, 0.15) is 57.5 Å². The quantitative estimate of drug-likeness (QED) is 0.335. The van der Waals surface area contributed by atoms with E-state index in [1.54, 1.807) is 6.21 Å². The average molecular weight is 465 g/mol. The minimum absolute atomic E-state index is 0.111. The summed E-state index contributed by atoms with van der Waals surface area (Å²) in [7, 11) is 0. The monoisotopic (exact) mass is 464 g/mol. The third kappa shape index (κ3) is 3.60. The summed E-state index contributed by atoms with van der Waals surface area (Å²) in [6.07, 6.45) is 4.74. The van der Waals surface area contributed by atoms with Crippen molar-refractivity contribution < 1.29 is 0 Å². The molecule has 4 rings (SSSR count). The molecule has 0 aliphatic carbocycles. The van der Waals surface area contributed by atoms with Crippen LogP contribution in [0.15, 0.2) is 63.0 Å². The molecular formula is C24H25BrN4O. The molecule has 2 aromatic carbocycles. The lowest BCUT2D eigenvalue weighted by atomic mass is 10.1. The third-order valence-corrected chi connectivity index (χ3v) is 6.02. The summed E-state index contributed by atoms with van der Waals surface area (Å²) in [5, 5.41) is 6.30. The molecule has 4 aromatic rings. The van der Waals surface area contributed by atoms with E-state index in [9.17, 15) is 4.79 Å². The van der Waals surface area contributed by atoms with Crippen molar-refractivity contribution in [1.82, 2.24) is 14.2 Å². The number of para-hydroxylation sites is 1. The molecule has 30 heavy (non-hydrogen) atoms. The van der Waals surface area contributed by atoms with Crippen LogP contribution in [0.4, 0.5) is 0 Å². The van der Waals surface area contributed by atoms with Crippen LogP contribution in [-0.2, 0) is 0 Å². The average Bonchev–Trinajstić information content (AvgIpc) is 3.12. The van der Waals surface area contributed by atoms with Crippen molar-refractivity contribution in [3.05, 3.63) is 74.9 Å². The Balaban J connectivity index is 1.92. The van der Waals surface area contributed by atoms with Gasteiger partial charge in [-0.1, -0.05) is 48.0 Å². The molecule has 2 aromatic heterocycles. The van der Waals surface area contributed by atoms with Gasteiger partial charge in [0, 0.05) is 39.1 Å². The van der Waals surface area contributed by atoms with Crippen molar-refractivity contribution in [3.63, 3.8) is 0 Å². The van der Waals surface area contributed by atoms with E-state index >= 15 is 0 Å². The van der Waals surface area contributed by atoms with Crippen LogP contribution in [0.2, 0.25) is 0 Å². The van der Waals surface area contributed by atoms with Gasteiger partial charge < -0.3 is 4.57 Å². The van der Waals surface area contributed by atoms with Gasteiger partial charge in [-0.15, -0.1) is 0 Å². The summed E-state index contributed by atoms with van der Waals surface area (Å²) < 4.78 is 4.54. The van der Waals surface area contributed by atoms with Crippen LogP contribution in [0, 0.1) is 0 Å². The number of halogens is 1. The molecule has 0 amide bonds. The van der Waals surface area contributed by atoms with Crippen LogP contribution in [0.5, 0.6) is 0 Å². The predicted octanol–water partition coefficient (Wildman–Crippen LogP) is 6.09. The molecule has 154 valence electrons. The second kappa shape index (κ2) is 8.19. The smallest absolute Gasteiger partial charge is 0.282 e. The van der Waals surface area contributed by atoms with E-state index < -0.39 is 0 Å². The lowest BCUT2D eigenvalue weighted by Gasteiger charge is -2.13. The van der Waals surface area contributed by atoms with Gasteiger partial charge in [-0.3, -0.25) is 4.79 Å². The molecule has 1 atom stereocenters. The van der Waals surface area contributed by atoms with E-state index in [-0.39, 0.29) is 11.5 Å². The first-order valence-corrected chi connectivity index (χ1v) is 11.1. The number of hydrogen-bond donors (Lipinski definition) is 0. The molecule has 0 saturated heterocycles. The van der Waals surface area contributed by atoms with Crippen LogP contribution in [-0.4, -0.2) is 20.4 Å². The molecule has 0 N–H and O–H groups in total. The molecule has 0 radical (unpaired) electrons. The Hall–Kier alpha value is -2.73. The van der Waals surface area contributed by atoms with E-state index in [0.29, 0.717) is 22.8 Å². The standard InChI is InChI=1S/C24H25BrN4O/c1-5-16(4)23-27-21-11-10-18(25)12-20(21)24(30)29(23)26-13-17-14-28(15(2)3)22-9-7-6-8-19(17)22/h6-16H,5H2,1-4H3/t16-/m1/s1. The molecule has 0 fully saturated rings. The molecule has 0 unspecified atom stereocenters. The zero-order valence-electron chi connectivity index (χ0n) is 17.6. The largest absolute Gasteiger partial charge is 0.344 e. The van der Waals surface area contributed by atoms with Crippen molar-refractivity contribution in [1.29, 1.82) is 0 Å². The minimum atomic E-state index is -0.152. The van der Waals surface area contributed by atoms with Gasteiger partial charge in [0.2, 0.25) is 0 Å².